The first-order chi connectivity index (χ1) is 17.4. The van der Waals surface area contributed by atoms with Crippen LogP contribution in [0, 0.1) is 10.1 Å². The molecule has 2 aliphatic rings. The number of amides is 3. The van der Waals surface area contributed by atoms with Crippen LogP contribution in [-0.4, -0.2) is 71.7 Å². The highest BCUT2D eigenvalue weighted by molar-refractivity contribution is 8.18. The SMILES string of the molecule is COc1cc(/C=C2\SC(=O)N(CC(=O)N3CCOCC3)C2=O)ccc1OCc1ccc([N+](=O)[O-])cc1. The molecule has 188 valence electrons. The van der Waals surface area contributed by atoms with Crippen molar-refractivity contribution >= 4 is 40.6 Å². The zero-order valence-corrected chi connectivity index (χ0v) is 20.2. The summed E-state index contributed by atoms with van der Waals surface area (Å²) < 4.78 is 16.4. The van der Waals surface area contributed by atoms with E-state index in [1.165, 1.54) is 19.2 Å². The van der Waals surface area contributed by atoms with Crippen molar-refractivity contribution in [2.45, 2.75) is 6.61 Å². The van der Waals surface area contributed by atoms with E-state index in [0.717, 1.165) is 22.2 Å². The third-order valence-corrected chi connectivity index (χ3v) is 6.47. The average molecular weight is 514 g/mol. The van der Waals surface area contributed by atoms with Gasteiger partial charge >= 0.3 is 0 Å². The number of hydrogen-bond donors (Lipinski definition) is 0. The molecule has 0 aliphatic carbocycles. The van der Waals surface area contributed by atoms with Crippen LogP contribution in [0.5, 0.6) is 11.5 Å². The minimum Gasteiger partial charge on any atom is -0.493 e. The Morgan fingerprint density at radius 3 is 2.53 bits per heavy atom. The fourth-order valence-corrected chi connectivity index (χ4v) is 4.44. The Hall–Kier alpha value is -3.90. The number of nitrogens with zero attached hydrogens (tertiary/aromatic N) is 3. The summed E-state index contributed by atoms with van der Waals surface area (Å²) in [6, 6.07) is 11.1. The molecule has 2 aliphatic heterocycles. The fraction of sp³-hybridized carbons (Fsp3) is 0.292. The highest BCUT2D eigenvalue weighted by atomic mass is 32.2. The summed E-state index contributed by atoms with van der Waals surface area (Å²) in [5.41, 5.74) is 1.35. The van der Waals surface area contributed by atoms with Gasteiger partial charge in [-0.15, -0.1) is 0 Å². The predicted molar refractivity (Wildman–Crippen MR) is 130 cm³/mol. The summed E-state index contributed by atoms with van der Waals surface area (Å²) in [5, 5.41) is 10.3. The van der Waals surface area contributed by atoms with Gasteiger partial charge in [-0.1, -0.05) is 6.07 Å². The van der Waals surface area contributed by atoms with E-state index in [2.05, 4.69) is 0 Å². The van der Waals surface area contributed by atoms with Gasteiger partial charge in [0.1, 0.15) is 13.2 Å². The van der Waals surface area contributed by atoms with Gasteiger partial charge in [0, 0.05) is 25.2 Å². The lowest BCUT2D eigenvalue weighted by atomic mass is 10.1. The number of rotatable bonds is 8. The number of imide groups is 1. The normalized spacial score (nSPS) is 17.0. The van der Waals surface area contributed by atoms with Gasteiger partial charge < -0.3 is 19.1 Å². The molecule has 0 atom stereocenters. The molecule has 2 aromatic carbocycles. The molecule has 0 spiro atoms. The summed E-state index contributed by atoms with van der Waals surface area (Å²) in [7, 11) is 1.48. The molecule has 0 aromatic heterocycles. The summed E-state index contributed by atoms with van der Waals surface area (Å²) in [5.74, 6) is 0.0340. The van der Waals surface area contributed by atoms with Crippen molar-refractivity contribution in [1.29, 1.82) is 0 Å². The van der Waals surface area contributed by atoms with Crippen molar-refractivity contribution < 1.29 is 33.5 Å². The van der Waals surface area contributed by atoms with Gasteiger partial charge in [-0.2, -0.15) is 0 Å². The average Bonchev–Trinajstić information content (AvgIpc) is 3.15. The number of hydrogen-bond acceptors (Lipinski definition) is 9. The van der Waals surface area contributed by atoms with Crippen molar-refractivity contribution in [2.75, 3.05) is 40.0 Å². The standard InChI is InChI=1S/C24H23N3O8S/c1-33-20-12-17(4-7-19(20)35-15-16-2-5-18(6-3-16)27(31)32)13-21-23(29)26(24(30)36-21)14-22(28)25-8-10-34-11-9-25/h2-7,12-13H,8-11,14-15H2,1H3/b21-13-. The van der Waals surface area contributed by atoms with E-state index in [1.54, 1.807) is 41.3 Å². The molecule has 2 fully saturated rings. The van der Waals surface area contributed by atoms with Crippen LogP contribution in [-0.2, 0) is 20.9 Å². The Morgan fingerprint density at radius 1 is 1.14 bits per heavy atom. The number of ether oxygens (including phenoxy) is 3. The maximum atomic E-state index is 12.8. The lowest BCUT2D eigenvalue weighted by Crippen LogP contribution is -2.46. The highest BCUT2D eigenvalue weighted by Gasteiger charge is 2.37. The van der Waals surface area contributed by atoms with Crippen molar-refractivity contribution in [2.24, 2.45) is 0 Å². The first-order valence-corrected chi connectivity index (χ1v) is 11.8. The zero-order chi connectivity index (χ0) is 25.7. The summed E-state index contributed by atoms with van der Waals surface area (Å²) in [6.07, 6.45) is 1.56. The Labute approximate surface area is 210 Å². The molecule has 11 nitrogen and oxygen atoms in total. The van der Waals surface area contributed by atoms with Crippen molar-refractivity contribution in [3.05, 3.63) is 68.6 Å². The van der Waals surface area contributed by atoms with Crippen LogP contribution in [0.1, 0.15) is 11.1 Å². The van der Waals surface area contributed by atoms with Gasteiger partial charge in [-0.3, -0.25) is 29.4 Å². The maximum absolute atomic E-state index is 12.8. The summed E-state index contributed by atoms with van der Waals surface area (Å²) in [6.45, 7) is 1.60. The number of carbonyl (C=O) groups excluding carboxylic acids is 3. The number of thioether (sulfide) groups is 1. The lowest BCUT2D eigenvalue weighted by Gasteiger charge is -2.28. The molecule has 0 saturated carbocycles. The Morgan fingerprint density at radius 2 is 1.86 bits per heavy atom. The number of benzene rings is 2. The van der Waals surface area contributed by atoms with Crippen LogP contribution in [0.15, 0.2) is 47.4 Å². The van der Waals surface area contributed by atoms with Crippen LogP contribution in [0.3, 0.4) is 0 Å². The molecular formula is C24H23N3O8S. The predicted octanol–water partition coefficient (Wildman–Crippen LogP) is 3.08. The number of morpholine rings is 1. The monoisotopic (exact) mass is 513 g/mol. The molecule has 2 heterocycles. The third kappa shape index (κ3) is 5.83. The fourth-order valence-electron chi connectivity index (χ4n) is 3.60. The molecule has 3 amide bonds. The Bertz CT molecular complexity index is 1210. The zero-order valence-electron chi connectivity index (χ0n) is 19.4. The van der Waals surface area contributed by atoms with Gasteiger partial charge in [0.05, 0.1) is 30.2 Å². The first-order valence-electron chi connectivity index (χ1n) is 11.0. The second kappa shape index (κ2) is 11.2. The number of non-ortho nitro benzene ring substituents is 1. The molecule has 12 heteroatoms. The van der Waals surface area contributed by atoms with Gasteiger partial charge in [-0.25, -0.2) is 0 Å². The van der Waals surface area contributed by atoms with Crippen molar-refractivity contribution in [3.8, 4) is 11.5 Å². The molecule has 36 heavy (non-hydrogen) atoms. The number of carbonyl (C=O) groups is 3. The van der Waals surface area contributed by atoms with Crippen LogP contribution >= 0.6 is 11.8 Å². The van der Waals surface area contributed by atoms with Crippen LogP contribution in [0.25, 0.3) is 6.08 Å². The molecule has 2 aromatic rings. The van der Waals surface area contributed by atoms with E-state index in [4.69, 9.17) is 14.2 Å². The highest BCUT2D eigenvalue weighted by Crippen LogP contribution is 2.35. The molecule has 4 rings (SSSR count). The molecule has 0 bridgehead atoms. The van der Waals surface area contributed by atoms with Crippen molar-refractivity contribution in [3.63, 3.8) is 0 Å². The third-order valence-electron chi connectivity index (χ3n) is 5.56. The number of methoxy groups -OCH3 is 1. The molecule has 0 radical (unpaired) electrons. The second-order valence-electron chi connectivity index (χ2n) is 7.88. The Balaban J connectivity index is 1.42. The van der Waals surface area contributed by atoms with E-state index in [9.17, 15) is 24.5 Å². The van der Waals surface area contributed by atoms with E-state index >= 15 is 0 Å². The van der Waals surface area contributed by atoms with Crippen LogP contribution < -0.4 is 9.47 Å². The van der Waals surface area contributed by atoms with Crippen LogP contribution in [0.2, 0.25) is 0 Å². The molecular weight excluding hydrogens is 490 g/mol. The van der Waals surface area contributed by atoms with Gasteiger partial charge in [0.25, 0.3) is 16.8 Å². The summed E-state index contributed by atoms with van der Waals surface area (Å²) >= 11 is 0.777. The minimum absolute atomic E-state index is 0.00411. The van der Waals surface area contributed by atoms with E-state index in [-0.39, 0.29) is 29.7 Å². The number of nitro benzene ring substituents is 1. The van der Waals surface area contributed by atoms with E-state index in [1.807, 2.05) is 0 Å². The lowest BCUT2D eigenvalue weighted by molar-refractivity contribution is -0.384. The molecule has 2 saturated heterocycles. The Kier molecular flexibility index (Phi) is 7.86. The van der Waals surface area contributed by atoms with Gasteiger partial charge in [-0.05, 0) is 53.2 Å². The van der Waals surface area contributed by atoms with Crippen molar-refractivity contribution in [1.82, 2.24) is 9.80 Å². The minimum atomic E-state index is -0.524. The van der Waals surface area contributed by atoms with E-state index in [0.29, 0.717) is 43.4 Å². The summed E-state index contributed by atoms with van der Waals surface area (Å²) in [4.78, 5) is 50.7. The van der Waals surface area contributed by atoms with E-state index < -0.39 is 16.1 Å². The quantitative estimate of drug-likeness (QED) is 0.297. The second-order valence-corrected chi connectivity index (χ2v) is 8.88. The largest absolute Gasteiger partial charge is 0.493 e. The van der Waals surface area contributed by atoms with Crippen LogP contribution in [0.4, 0.5) is 10.5 Å². The topological polar surface area (TPSA) is 129 Å². The number of nitro groups is 1. The first kappa shape index (κ1) is 25.2. The van der Waals surface area contributed by atoms with Gasteiger partial charge in [0.15, 0.2) is 11.5 Å². The molecule has 0 unspecified atom stereocenters. The molecule has 0 N–H and O–H groups in total. The maximum Gasteiger partial charge on any atom is 0.294 e. The van der Waals surface area contributed by atoms with Gasteiger partial charge in [0.2, 0.25) is 5.91 Å². The smallest absolute Gasteiger partial charge is 0.294 e.